The Balaban J connectivity index is 2.12. The van der Waals surface area contributed by atoms with Gasteiger partial charge < -0.3 is 19.9 Å². The highest BCUT2D eigenvalue weighted by molar-refractivity contribution is 5.78. The normalized spacial score (nSPS) is 22.9. The maximum atomic E-state index is 11.2. The van der Waals surface area contributed by atoms with Gasteiger partial charge in [-0.3, -0.25) is 4.79 Å². The molecule has 0 aromatic rings. The molecule has 1 saturated heterocycles. The van der Waals surface area contributed by atoms with Crippen molar-refractivity contribution < 1.29 is 19.4 Å². The van der Waals surface area contributed by atoms with Crippen LogP contribution in [0.15, 0.2) is 0 Å². The van der Waals surface area contributed by atoms with Crippen molar-refractivity contribution in [2.45, 2.75) is 57.6 Å². The molecular formula is C14H27NO4. The van der Waals surface area contributed by atoms with Crippen LogP contribution >= 0.6 is 0 Å². The van der Waals surface area contributed by atoms with Crippen molar-refractivity contribution in [2.75, 3.05) is 26.4 Å². The third-order valence-corrected chi connectivity index (χ3v) is 3.58. The van der Waals surface area contributed by atoms with Gasteiger partial charge in [0.2, 0.25) is 0 Å². The Morgan fingerprint density at radius 1 is 1.53 bits per heavy atom. The molecule has 1 rings (SSSR count). The van der Waals surface area contributed by atoms with E-state index in [1.54, 1.807) is 6.92 Å². The van der Waals surface area contributed by atoms with Gasteiger partial charge in [0.1, 0.15) is 5.54 Å². The molecule has 0 spiro atoms. The van der Waals surface area contributed by atoms with Gasteiger partial charge in [-0.1, -0.05) is 6.92 Å². The van der Waals surface area contributed by atoms with E-state index in [0.29, 0.717) is 26.2 Å². The molecule has 1 aliphatic heterocycles. The van der Waals surface area contributed by atoms with Crippen LogP contribution in [0.4, 0.5) is 0 Å². The van der Waals surface area contributed by atoms with Crippen LogP contribution in [-0.4, -0.2) is 49.1 Å². The maximum Gasteiger partial charge on any atom is 0.323 e. The first-order valence-corrected chi connectivity index (χ1v) is 7.26. The molecule has 1 heterocycles. The minimum atomic E-state index is -0.848. The fraction of sp³-hybridized carbons (Fsp3) is 0.929. The van der Waals surface area contributed by atoms with Gasteiger partial charge in [0.05, 0.1) is 12.7 Å². The summed E-state index contributed by atoms with van der Waals surface area (Å²) in [5.74, 6) is -0.801. The molecule has 0 aromatic carbocycles. The van der Waals surface area contributed by atoms with Gasteiger partial charge in [0.25, 0.3) is 0 Å². The van der Waals surface area contributed by atoms with E-state index in [1.165, 1.54) is 6.42 Å². The average Bonchev–Trinajstić information content (AvgIpc) is 2.39. The molecule has 0 aromatic heterocycles. The van der Waals surface area contributed by atoms with Gasteiger partial charge in [0.15, 0.2) is 0 Å². The van der Waals surface area contributed by atoms with Gasteiger partial charge >= 0.3 is 5.97 Å². The number of likely N-dealkylation sites (N-methyl/N-ethyl adjacent to an activating group) is 1. The first-order chi connectivity index (χ1) is 9.08. The number of hydrogen-bond acceptors (Lipinski definition) is 4. The standard InChI is InChI=1S/C14H27NO4/c1-3-15-14(2,13(16)17)8-6-9-18-11-12-7-4-5-10-19-12/h12,15H,3-11H2,1-2H3,(H,16,17). The highest BCUT2D eigenvalue weighted by Crippen LogP contribution is 2.15. The van der Waals surface area contributed by atoms with Crippen LogP contribution < -0.4 is 5.32 Å². The molecular weight excluding hydrogens is 246 g/mol. The molecule has 0 amide bonds. The Hall–Kier alpha value is -0.650. The minimum absolute atomic E-state index is 0.230. The first kappa shape index (κ1) is 16.4. The highest BCUT2D eigenvalue weighted by atomic mass is 16.5. The fourth-order valence-electron chi connectivity index (χ4n) is 2.34. The van der Waals surface area contributed by atoms with Crippen molar-refractivity contribution in [3.63, 3.8) is 0 Å². The minimum Gasteiger partial charge on any atom is -0.480 e. The molecule has 2 N–H and O–H groups in total. The van der Waals surface area contributed by atoms with Crippen LogP contribution in [0.1, 0.15) is 46.0 Å². The predicted octanol–water partition coefficient (Wildman–Crippen LogP) is 1.81. The predicted molar refractivity (Wildman–Crippen MR) is 73.4 cm³/mol. The molecule has 2 unspecified atom stereocenters. The van der Waals surface area contributed by atoms with Crippen LogP contribution in [0.5, 0.6) is 0 Å². The third-order valence-electron chi connectivity index (χ3n) is 3.58. The maximum absolute atomic E-state index is 11.2. The van der Waals surface area contributed by atoms with E-state index < -0.39 is 11.5 Å². The van der Waals surface area contributed by atoms with Gasteiger partial charge in [0, 0.05) is 13.2 Å². The Kier molecular flexibility index (Phi) is 7.34. The van der Waals surface area contributed by atoms with E-state index in [4.69, 9.17) is 9.47 Å². The lowest BCUT2D eigenvalue weighted by molar-refractivity contribution is -0.144. The van der Waals surface area contributed by atoms with Crippen molar-refractivity contribution in [1.29, 1.82) is 0 Å². The van der Waals surface area contributed by atoms with E-state index in [9.17, 15) is 9.90 Å². The lowest BCUT2D eigenvalue weighted by Gasteiger charge is -2.26. The Labute approximate surface area is 115 Å². The van der Waals surface area contributed by atoms with Gasteiger partial charge in [-0.15, -0.1) is 0 Å². The van der Waals surface area contributed by atoms with Crippen LogP contribution in [0, 0.1) is 0 Å². The van der Waals surface area contributed by atoms with E-state index in [1.807, 2.05) is 6.92 Å². The zero-order chi connectivity index (χ0) is 14.1. The fourth-order valence-corrected chi connectivity index (χ4v) is 2.34. The molecule has 0 saturated carbocycles. The zero-order valence-electron chi connectivity index (χ0n) is 12.1. The second-order valence-electron chi connectivity index (χ2n) is 5.33. The summed E-state index contributed by atoms with van der Waals surface area (Å²) < 4.78 is 11.2. The monoisotopic (exact) mass is 273 g/mol. The van der Waals surface area contributed by atoms with E-state index in [0.717, 1.165) is 25.9 Å². The summed E-state index contributed by atoms with van der Waals surface area (Å²) in [7, 11) is 0. The number of carboxylic acid groups (broad SMARTS) is 1. The van der Waals surface area contributed by atoms with Crippen LogP contribution in [-0.2, 0) is 14.3 Å². The van der Waals surface area contributed by atoms with Crippen molar-refractivity contribution in [2.24, 2.45) is 0 Å². The summed E-state index contributed by atoms with van der Waals surface area (Å²) in [4.78, 5) is 11.2. The van der Waals surface area contributed by atoms with Crippen LogP contribution in [0.3, 0.4) is 0 Å². The van der Waals surface area contributed by atoms with Gasteiger partial charge in [-0.05, 0) is 45.6 Å². The molecule has 19 heavy (non-hydrogen) atoms. The quantitative estimate of drug-likeness (QED) is 0.627. The summed E-state index contributed by atoms with van der Waals surface area (Å²) in [5, 5.41) is 12.2. The van der Waals surface area contributed by atoms with Gasteiger partial charge in [-0.25, -0.2) is 0 Å². The third kappa shape index (κ3) is 5.89. The molecule has 0 radical (unpaired) electrons. The number of aliphatic carboxylic acids is 1. The summed E-state index contributed by atoms with van der Waals surface area (Å²) in [5.41, 5.74) is -0.848. The smallest absolute Gasteiger partial charge is 0.323 e. The summed E-state index contributed by atoms with van der Waals surface area (Å²) in [6, 6.07) is 0. The van der Waals surface area contributed by atoms with Crippen molar-refractivity contribution in [1.82, 2.24) is 5.32 Å². The number of nitrogens with one attached hydrogen (secondary N) is 1. The molecule has 1 aliphatic rings. The second-order valence-corrected chi connectivity index (χ2v) is 5.33. The molecule has 5 heteroatoms. The second kappa shape index (κ2) is 8.51. The van der Waals surface area contributed by atoms with Crippen molar-refractivity contribution in [3.8, 4) is 0 Å². The SMILES string of the molecule is CCNC(C)(CCCOCC1CCCCO1)C(=O)O. The Bertz CT molecular complexity index is 266. The van der Waals surface area contributed by atoms with Gasteiger partial charge in [-0.2, -0.15) is 0 Å². The molecule has 112 valence electrons. The zero-order valence-corrected chi connectivity index (χ0v) is 12.1. The molecule has 2 atom stereocenters. The lowest BCUT2D eigenvalue weighted by atomic mass is 9.96. The molecule has 0 bridgehead atoms. The highest BCUT2D eigenvalue weighted by Gasteiger charge is 2.31. The summed E-state index contributed by atoms with van der Waals surface area (Å²) in [6.07, 6.45) is 4.98. The van der Waals surface area contributed by atoms with E-state index >= 15 is 0 Å². The number of ether oxygens (including phenoxy) is 2. The number of hydrogen-bond donors (Lipinski definition) is 2. The topological polar surface area (TPSA) is 67.8 Å². The largest absolute Gasteiger partial charge is 0.480 e. The molecule has 5 nitrogen and oxygen atoms in total. The van der Waals surface area contributed by atoms with Crippen molar-refractivity contribution >= 4 is 5.97 Å². The number of rotatable bonds is 9. The summed E-state index contributed by atoms with van der Waals surface area (Å²) in [6.45, 7) is 6.35. The van der Waals surface area contributed by atoms with E-state index in [-0.39, 0.29) is 6.10 Å². The van der Waals surface area contributed by atoms with Crippen molar-refractivity contribution in [3.05, 3.63) is 0 Å². The van der Waals surface area contributed by atoms with E-state index in [2.05, 4.69) is 5.32 Å². The molecule has 1 fully saturated rings. The first-order valence-electron chi connectivity index (χ1n) is 7.26. The number of carboxylic acids is 1. The molecule has 0 aliphatic carbocycles. The van der Waals surface area contributed by atoms with Crippen LogP contribution in [0.2, 0.25) is 0 Å². The Morgan fingerprint density at radius 2 is 2.32 bits per heavy atom. The lowest BCUT2D eigenvalue weighted by Crippen LogP contribution is -2.49. The average molecular weight is 273 g/mol. The van der Waals surface area contributed by atoms with Crippen LogP contribution in [0.25, 0.3) is 0 Å². The summed E-state index contributed by atoms with van der Waals surface area (Å²) >= 11 is 0. The number of carbonyl (C=O) groups is 1. The Morgan fingerprint density at radius 3 is 2.89 bits per heavy atom.